The van der Waals surface area contributed by atoms with Gasteiger partial charge >= 0.3 is 12.0 Å². The first kappa shape index (κ1) is 25.5. The van der Waals surface area contributed by atoms with Crippen LogP contribution in [-0.2, 0) is 20.8 Å². The lowest BCUT2D eigenvalue weighted by Gasteiger charge is -2.29. The number of amides is 2. The predicted molar refractivity (Wildman–Crippen MR) is 137 cm³/mol. The number of thioether (sulfide) groups is 1. The Bertz CT molecular complexity index is 1260. The quantitative estimate of drug-likeness (QED) is 0.317. The summed E-state index contributed by atoms with van der Waals surface area (Å²) >= 11 is 1.39. The predicted octanol–water partition coefficient (Wildman–Crippen LogP) is 3.86. The van der Waals surface area contributed by atoms with E-state index in [1.54, 1.807) is 14.0 Å². The lowest BCUT2D eigenvalue weighted by atomic mass is 9.95. The van der Waals surface area contributed by atoms with Crippen molar-refractivity contribution < 1.29 is 19.1 Å². The van der Waals surface area contributed by atoms with Crippen LogP contribution >= 0.6 is 11.8 Å². The fraction of sp³-hybridized carbons (Fsp3) is 0.308. The minimum Gasteiger partial charge on any atom is -0.463 e. The van der Waals surface area contributed by atoms with E-state index in [4.69, 9.17) is 9.47 Å². The fourth-order valence-electron chi connectivity index (χ4n) is 3.99. The molecule has 1 aliphatic rings. The van der Waals surface area contributed by atoms with Crippen molar-refractivity contribution >= 4 is 23.8 Å². The van der Waals surface area contributed by atoms with Crippen molar-refractivity contribution in [3.8, 4) is 11.4 Å². The van der Waals surface area contributed by atoms with E-state index >= 15 is 0 Å². The topological polar surface area (TPSA) is 107 Å². The number of methoxy groups -OCH3 is 1. The van der Waals surface area contributed by atoms with E-state index in [0.717, 1.165) is 22.5 Å². The van der Waals surface area contributed by atoms with Gasteiger partial charge in [0.05, 0.1) is 31.4 Å². The largest absolute Gasteiger partial charge is 0.463 e. The standard InChI is InChI=1S/C26H29N5O4S/c1-4-35-24(32)21-20(27-25(33)28-22(21)18-10-6-5-7-11-18)16-36-26-30-29-23(31(26)13-14-34-3)19-12-8-9-17(2)15-19/h5-12,15,22H,4,13-14,16H2,1-3H3,(H2,27,28,33). The first-order valence-electron chi connectivity index (χ1n) is 11.7. The first-order chi connectivity index (χ1) is 17.5. The average molecular weight is 508 g/mol. The van der Waals surface area contributed by atoms with Gasteiger partial charge in [-0.3, -0.25) is 4.57 Å². The van der Waals surface area contributed by atoms with Gasteiger partial charge in [0, 0.05) is 24.1 Å². The van der Waals surface area contributed by atoms with E-state index in [0.29, 0.717) is 35.3 Å². The van der Waals surface area contributed by atoms with Crippen LogP contribution in [0.15, 0.2) is 71.0 Å². The third kappa shape index (κ3) is 5.77. The molecule has 0 radical (unpaired) electrons. The first-order valence-corrected chi connectivity index (χ1v) is 12.6. The van der Waals surface area contributed by atoms with E-state index in [9.17, 15) is 9.59 Å². The minimum atomic E-state index is -0.621. The van der Waals surface area contributed by atoms with Crippen LogP contribution in [0.2, 0.25) is 0 Å². The van der Waals surface area contributed by atoms with Crippen molar-refractivity contribution in [2.75, 3.05) is 26.1 Å². The van der Waals surface area contributed by atoms with Crippen LogP contribution in [0.5, 0.6) is 0 Å². The lowest BCUT2D eigenvalue weighted by molar-refractivity contribution is -0.139. The molecule has 0 aliphatic carbocycles. The molecule has 1 aromatic heterocycles. The lowest BCUT2D eigenvalue weighted by Crippen LogP contribution is -2.46. The summed E-state index contributed by atoms with van der Waals surface area (Å²) in [4.78, 5) is 25.6. The Kier molecular flexibility index (Phi) is 8.40. The number of ether oxygens (including phenoxy) is 2. The Morgan fingerprint density at radius 2 is 1.94 bits per heavy atom. The van der Waals surface area contributed by atoms with Gasteiger partial charge in [-0.1, -0.05) is 65.9 Å². The summed E-state index contributed by atoms with van der Waals surface area (Å²) < 4.78 is 12.7. The average Bonchev–Trinajstić information content (AvgIpc) is 3.29. The summed E-state index contributed by atoms with van der Waals surface area (Å²) in [7, 11) is 1.65. The van der Waals surface area contributed by atoms with Crippen molar-refractivity contribution in [1.29, 1.82) is 0 Å². The maximum atomic E-state index is 13.0. The molecule has 10 heteroatoms. The summed E-state index contributed by atoms with van der Waals surface area (Å²) in [6.45, 7) is 5.05. The molecule has 9 nitrogen and oxygen atoms in total. The van der Waals surface area contributed by atoms with Gasteiger partial charge < -0.3 is 20.1 Å². The van der Waals surface area contributed by atoms with Crippen LogP contribution in [0.25, 0.3) is 11.4 Å². The van der Waals surface area contributed by atoms with Crippen LogP contribution in [0.3, 0.4) is 0 Å². The number of aromatic nitrogens is 3. The second-order valence-electron chi connectivity index (χ2n) is 8.16. The minimum absolute atomic E-state index is 0.226. The van der Waals surface area contributed by atoms with E-state index in [1.807, 2.05) is 60.0 Å². The van der Waals surface area contributed by atoms with Crippen molar-refractivity contribution in [2.45, 2.75) is 31.6 Å². The van der Waals surface area contributed by atoms with Gasteiger partial charge in [0.2, 0.25) is 0 Å². The summed E-state index contributed by atoms with van der Waals surface area (Å²) in [6.07, 6.45) is 0. The molecule has 0 bridgehead atoms. The summed E-state index contributed by atoms with van der Waals surface area (Å²) in [5.41, 5.74) is 3.72. The van der Waals surface area contributed by atoms with E-state index < -0.39 is 12.0 Å². The van der Waals surface area contributed by atoms with Crippen molar-refractivity contribution in [2.24, 2.45) is 0 Å². The van der Waals surface area contributed by atoms with Crippen LogP contribution < -0.4 is 10.6 Å². The molecular weight excluding hydrogens is 478 g/mol. The highest BCUT2D eigenvalue weighted by molar-refractivity contribution is 7.99. The normalized spacial score (nSPS) is 15.4. The van der Waals surface area contributed by atoms with Gasteiger partial charge in [0.25, 0.3) is 0 Å². The molecule has 0 saturated carbocycles. The summed E-state index contributed by atoms with van der Waals surface area (Å²) in [6, 6.07) is 16.4. The zero-order chi connectivity index (χ0) is 25.5. The molecule has 2 heterocycles. The third-order valence-electron chi connectivity index (χ3n) is 5.64. The highest BCUT2D eigenvalue weighted by Crippen LogP contribution is 2.31. The Hall–Kier alpha value is -3.63. The molecule has 1 atom stereocenters. The number of esters is 1. The number of hydrogen-bond acceptors (Lipinski definition) is 7. The molecule has 3 aromatic rings. The van der Waals surface area contributed by atoms with Gasteiger partial charge in [-0.2, -0.15) is 0 Å². The zero-order valence-corrected chi connectivity index (χ0v) is 21.3. The number of nitrogens with zero attached hydrogens (tertiary/aromatic N) is 3. The Morgan fingerprint density at radius 3 is 2.67 bits per heavy atom. The number of carbonyl (C=O) groups is 2. The summed E-state index contributed by atoms with van der Waals surface area (Å²) in [5.74, 6) is 0.550. The Morgan fingerprint density at radius 1 is 1.14 bits per heavy atom. The summed E-state index contributed by atoms with van der Waals surface area (Å²) in [5, 5.41) is 15.2. The second-order valence-corrected chi connectivity index (χ2v) is 9.11. The van der Waals surface area contributed by atoms with Gasteiger partial charge in [-0.25, -0.2) is 9.59 Å². The number of benzene rings is 2. The van der Waals surface area contributed by atoms with Crippen molar-refractivity contribution in [3.05, 3.63) is 77.0 Å². The molecule has 0 fully saturated rings. The Labute approximate surface area is 214 Å². The molecule has 2 aromatic carbocycles. The third-order valence-corrected chi connectivity index (χ3v) is 6.63. The van der Waals surface area contributed by atoms with E-state index in [-0.39, 0.29) is 12.6 Å². The number of aryl methyl sites for hydroxylation is 1. The van der Waals surface area contributed by atoms with Crippen molar-refractivity contribution in [3.63, 3.8) is 0 Å². The molecule has 188 valence electrons. The molecule has 0 spiro atoms. The van der Waals surface area contributed by atoms with Crippen LogP contribution in [0.1, 0.15) is 24.1 Å². The highest BCUT2D eigenvalue weighted by atomic mass is 32.2. The molecule has 2 amide bonds. The molecular formula is C26H29N5O4S. The van der Waals surface area contributed by atoms with Gasteiger partial charge in [0.1, 0.15) is 0 Å². The number of urea groups is 1. The second kappa shape index (κ2) is 11.9. The highest BCUT2D eigenvalue weighted by Gasteiger charge is 2.33. The number of rotatable bonds is 10. The molecule has 4 rings (SSSR count). The van der Waals surface area contributed by atoms with Gasteiger partial charge in [-0.15, -0.1) is 10.2 Å². The van der Waals surface area contributed by atoms with Crippen LogP contribution in [-0.4, -0.2) is 52.8 Å². The fourth-order valence-corrected chi connectivity index (χ4v) is 4.92. The number of hydrogen-bond donors (Lipinski definition) is 2. The smallest absolute Gasteiger partial charge is 0.338 e. The monoisotopic (exact) mass is 507 g/mol. The van der Waals surface area contributed by atoms with Gasteiger partial charge in [-0.05, 0) is 25.5 Å². The Balaban J connectivity index is 1.68. The van der Waals surface area contributed by atoms with E-state index in [1.165, 1.54) is 11.8 Å². The molecule has 1 unspecified atom stereocenters. The van der Waals surface area contributed by atoms with Crippen LogP contribution in [0.4, 0.5) is 4.79 Å². The maximum absolute atomic E-state index is 13.0. The SMILES string of the molecule is CCOC(=O)C1=C(CSc2nnc(-c3cccc(C)c3)n2CCOC)NC(=O)NC1c1ccccc1. The maximum Gasteiger partial charge on any atom is 0.338 e. The number of carbonyl (C=O) groups excluding carboxylic acids is 2. The zero-order valence-electron chi connectivity index (χ0n) is 20.5. The molecule has 0 saturated heterocycles. The molecule has 36 heavy (non-hydrogen) atoms. The van der Waals surface area contributed by atoms with Gasteiger partial charge in [0.15, 0.2) is 11.0 Å². The van der Waals surface area contributed by atoms with E-state index in [2.05, 4.69) is 26.9 Å². The van der Waals surface area contributed by atoms with Crippen molar-refractivity contribution in [1.82, 2.24) is 25.4 Å². The number of nitrogens with one attached hydrogen (secondary N) is 2. The molecule has 1 aliphatic heterocycles. The molecule has 2 N–H and O–H groups in total. The van der Waals surface area contributed by atoms with Crippen LogP contribution in [0, 0.1) is 6.92 Å².